The van der Waals surface area contributed by atoms with Crippen LogP contribution in [0.25, 0.3) is 10.9 Å². The molecule has 0 aliphatic rings. The molecule has 0 saturated carbocycles. The molecule has 1 aromatic carbocycles. The minimum Gasteiger partial charge on any atom is -0.496 e. The van der Waals surface area contributed by atoms with E-state index >= 15 is 0 Å². The van der Waals surface area contributed by atoms with Gasteiger partial charge in [-0.3, -0.25) is 0 Å². The Morgan fingerprint density at radius 2 is 1.29 bits per heavy atom. The maximum absolute atomic E-state index is 8.75. The van der Waals surface area contributed by atoms with Crippen molar-refractivity contribution in [3.63, 3.8) is 0 Å². The van der Waals surface area contributed by atoms with Crippen molar-refractivity contribution in [2.24, 2.45) is 0 Å². The SMILES string of the molecule is COc1cccc2[nH]cc(CCCCCCCCCCCCCCCCO)c12. The average Bonchev–Trinajstić information content (AvgIpc) is 3.14. The summed E-state index contributed by atoms with van der Waals surface area (Å²) in [5.74, 6) is 0.985. The third-order valence-electron chi connectivity index (χ3n) is 5.82. The number of ether oxygens (including phenoxy) is 1. The van der Waals surface area contributed by atoms with Gasteiger partial charge in [0.2, 0.25) is 0 Å². The Morgan fingerprint density at radius 1 is 0.750 bits per heavy atom. The number of H-pyrrole nitrogens is 1. The van der Waals surface area contributed by atoms with Crippen molar-refractivity contribution in [3.05, 3.63) is 30.0 Å². The van der Waals surface area contributed by atoms with Gasteiger partial charge in [0.05, 0.1) is 7.11 Å². The first kappa shape index (κ1) is 22.8. The topological polar surface area (TPSA) is 45.2 Å². The number of aliphatic hydroxyl groups excluding tert-OH is 1. The summed E-state index contributed by atoms with van der Waals surface area (Å²) in [5, 5.41) is 10.0. The molecule has 0 unspecified atom stereocenters. The van der Waals surface area contributed by atoms with Crippen molar-refractivity contribution in [2.75, 3.05) is 13.7 Å². The first-order valence-corrected chi connectivity index (χ1v) is 11.6. The van der Waals surface area contributed by atoms with Crippen LogP contribution >= 0.6 is 0 Å². The van der Waals surface area contributed by atoms with Gasteiger partial charge in [0.25, 0.3) is 0 Å². The highest BCUT2D eigenvalue weighted by Crippen LogP contribution is 2.29. The van der Waals surface area contributed by atoms with Gasteiger partial charge in [-0.2, -0.15) is 0 Å². The monoisotopic (exact) mass is 387 g/mol. The molecule has 2 rings (SSSR count). The number of aromatic nitrogens is 1. The lowest BCUT2D eigenvalue weighted by molar-refractivity contribution is 0.282. The molecule has 1 aromatic heterocycles. The number of benzene rings is 1. The van der Waals surface area contributed by atoms with Crippen LogP contribution in [0.5, 0.6) is 5.75 Å². The third kappa shape index (κ3) is 8.26. The van der Waals surface area contributed by atoms with Crippen LogP contribution in [0.15, 0.2) is 24.4 Å². The van der Waals surface area contributed by atoms with Gasteiger partial charge in [-0.15, -0.1) is 0 Å². The quantitative estimate of drug-likeness (QED) is 0.282. The first-order chi connectivity index (χ1) is 13.9. The van der Waals surface area contributed by atoms with Gasteiger partial charge in [0.1, 0.15) is 5.75 Å². The van der Waals surface area contributed by atoms with Crippen LogP contribution < -0.4 is 4.74 Å². The molecule has 0 aliphatic heterocycles. The van der Waals surface area contributed by atoms with Gasteiger partial charge in [-0.05, 0) is 37.0 Å². The molecular formula is C25H41NO2. The van der Waals surface area contributed by atoms with E-state index in [1.54, 1.807) is 7.11 Å². The molecule has 1 heterocycles. The lowest BCUT2D eigenvalue weighted by atomic mass is 10.0. The fraction of sp³-hybridized carbons (Fsp3) is 0.680. The minimum absolute atomic E-state index is 0.359. The molecule has 0 radical (unpaired) electrons. The molecule has 3 heteroatoms. The number of aromatic amines is 1. The molecule has 0 bridgehead atoms. The number of aliphatic hydroxyl groups is 1. The molecule has 0 fully saturated rings. The minimum atomic E-state index is 0.359. The van der Waals surface area contributed by atoms with Crippen molar-refractivity contribution in [1.82, 2.24) is 4.98 Å². The van der Waals surface area contributed by atoms with Crippen LogP contribution in [-0.4, -0.2) is 23.8 Å². The number of unbranched alkanes of at least 4 members (excludes halogenated alkanes) is 13. The summed E-state index contributed by atoms with van der Waals surface area (Å²) >= 11 is 0. The molecule has 0 atom stereocenters. The van der Waals surface area contributed by atoms with E-state index in [9.17, 15) is 0 Å². The Balaban J connectivity index is 1.43. The van der Waals surface area contributed by atoms with Crippen molar-refractivity contribution in [2.45, 2.75) is 96.3 Å². The van der Waals surface area contributed by atoms with E-state index in [-0.39, 0.29) is 0 Å². The van der Waals surface area contributed by atoms with E-state index in [2.05, 4.69) is 23.3 Å². The first-order valence-electron chi connectivity index (χ1n) is 11.6. The van der Waals surface area contributed by atoms with Crippen molar-refractivity contribution >= 4 is 10.9 Å². The van der Waals surface area contributed by atoms with Crippen LogP contribution in [0.4, 0.5) is 0 Å². The van der Waals surface area contributed by atoms with Crippen LogP contribution in [0.2, 0.25) is 0 Å². The predicted octanol–water partition coefficient (Wildman–Crippen LogP) is 7.17. The molecule has 2 aromatic rings. The molecule has 0 aliphatic carbocycles. The predicted molar refractivity (Wildman–Crippen MR) is 120 cm³/mol. The molecule has 0 amide bonds. The number of hydrogen-bond acceptors (Lipinski definition) is 2. The van der Waals surface area contributed by atoms with E-state index < -0.39 is 0 Å². The number of fused-ring (bicyclic) bond motifs is 1. The molecule has 3 nitrogen and oxygen atoms in total. The van der Waals surface area contributed by atoms with Crippen LogP contribution in [0.3, 0.4) is 0 Å². The van der Waals surface area contributed by atoms with Crippen molar-refractivity contribution in [3.8, 4) is 5.75 Å². The second-order valence-electron chi connectivity index (χ2n) is 8.12. The Labute approximate surface area is 171 Å². The highest BCUT2D eigenvalue weighted by atomic mass is 16.5. The maximum Gasteiger partial charge on any atom is 0.128 e. The summed E-state index contributed by atoms with van der Waals surface area (Å²) in [5.41, 5.74) is 2.57. The summed E-state index contributed by atoms with van der Waals surface area (Å²) in [6.45, 7) is 0.359. The average molecular weight is 388 g/mol. The summed E-state index contributed by atoms with van der Waals surface area (Å²) in [6.07, 6.45) is 21.9. The zero-order valence-corrected chi connectivity index (χ0v) is 18.0. The molecule has 158 valence electrons. The van der Waals surface area contributed by atoms with Gasteiger partial charge in [-0.25, -0.2) is 0 Å². The van der Waals surface area contributed by atoms with Crippen LogP contribution in [-0.2, 0) is 6.42 Å². The van der Waals surface area contributed by atoms with E-state index in [1.807, 2.05) is 6.07 Å². The Bertz CT molecular complexity index is 635. The van der Waals surface area contributed by atoms with Gasteiger partial charge in [0, 0.05) is 23.7 Å². The Hall–Kier alpha value is -1.48. The second-order valence-corrected chi connectivity index (χ2v) is 8.12. The van der Waals surface area contributed by atoms with Crippen LogP contribution in [0, 0.1) is 0 Å². The number of aryl methyl sites for hydroxylation is 1. The van der Waals surface area contributed by atoms with E-state index in [0.717, 1.165) is 18.6 Å². The third-order valence-corrected chi connectivity index (χ3v) is 5.82. The zero-order chi connectivity index (χ0) is 19.9. The molecule has 2 N–H and O–H groups in total. The van der Waals surface area contributed by atoms with Gasteiger partial charge >= 0.3 is 0 Å². The summed E-state index contributed by atoms with van der Waals surface area (Å²) in [6, 6.07) is 6.22. The fourth-order valence-electron chi connectivity index (χ4n) is 4.14. The molecular weight excluding hydrogens is 346 g/mol. The van der Waals surface area contributed by atoms with Crippen molar-refractivity contribution < 1.29 is 9.84 Å². The highest BCUT2D eigenvalue weighted by molar-refractivity contribution is 5.89. The summed E-state index contributed by atoms with van der Waals surface area (Å²) < 4.78 is 5.53. The van der Waals surface area contributed by atoms with Crippen molar-refractivity contribution in [1.29, 1.82) is 0 Å². The second kappa shape index (κ2) is 14.5. The Kier molecular flexibility index (Phi) is 11.8. The normalized spacial score (nSPS) is 11.4. The van der Waals surface area contributed by atoms with Crippen LogP contribution in [0.1, 0.15) is 95.5 Å². The summed E-state index contributed by atoms with van der Waals surface area (Å²) in [4.78, 5) is 3.38. The van der Waals surface area contributed by atoms with Gasteiger partial charge < -0.3 is 14.8 Å². The lowest BCUT2D eigenvalue weighted by Gasteiger charge is -2.05. The number of rotatable bonds is 17. The van der Waals surface area contributed by atoms with Gasteiger partial charge in [0.15, 0.2) is 0 Å². The van der Waals surface area contributed by atoms with E-state index in [0.29, 0.717) is 6.61 Å². The standard InChI is InChI=1S/C25H41NO2/c1-28-24-19-16-18-23-25(24)22(21-26-23)17-14-12-10-8-6-4-2-3-5-7-9-11-13-15-20-27/h16,18-19,21,26-27H,2-15,17,20H2,1H3. The highest BCUT2D eigenvalue weighted by Gasteiger charge is 2.08. The largest absolute Gasteiger partial charge is 0.496 e. The number of hydrogen-bond donors (Lipinski definition) is 2. The smallest absolute Gasteiger partial charge is 0.128 e. The molecule has 28 heavy (non-hydrogen) atoms. The van der Waals surface area contributed by atoms with E-state index in [1.165, 1.54) is 99.9 Å². The van der Waals surface area contributed by atoms with E-state index in [4.69, 9.17) is 9.84 Å². The Morgan fingerprint density at radius 3 is 1.82 bits per heavy atom. The molecule has 0 spiro atoms. The zero-order valence-electron chi connectivity index (χ0n) is 18.0. The summed E-state index contributed by atoms with van der Waals surface area (Å²) in [7, 11) is 1.75. The molecule has 0 saturated heterocycles. The number of nitrogens with one attached hydrogen (secondary N) is 1. The fourth-order valence-corrected chi connectivity index (χ4v) is 4.14. The number of methoxy groups -OCH3 is 1. The van der Waals surface area contributed by atoms with Gasteiger partial charge in [-0.1, -0.05) is 83.1 Å². The lowest BCUT2D eigenvalue weighted by Crippen LogP contribution is -1.88. The maximum atomic E-state index is 8.75.